The van der Waals surface area contributed by atoms with Gasteiger partial charge in [-0.2, -0.15) is 0 Å². The van der Waals surface area contributed by atoms with E-state index < -0.39 is 0 Å². The zero-order valence-corrected chi connectivity index (χ0v) is 12.9. The highest BCUT2D eigenvalue weighted by Gasteiger charge is 2.28. The Labute approximate surface area is 127 Å². The van der Waals surface area contributed by atoms with E-state index in [4.69, 9.17) is 22.1 Å². The molecule has 2 nitrogen and oxygen atoms in total. The lowest BCUT2D eigenvalue weighted by atomic mass is 9.96. The predicted molar refractivity (Wildman–Crippen MR) is 78.3 cm³/mol. The average molecular weight is 363 g/mol. The first kappa shape index (κ1) is 13.4. The van der Waals surface area contributed by atoms with Crippen LogP contribution < -0.4 is 10.5 Å². The smallest absolute Gasteiger partial charge is 0.135 e. The second-order valence-corrected chi connectivity index (χ2v) is 6.94. The van der Waals surface area contributed by atoms with Crippen molar-refractivity contribution in [1.29, 1.82) is 0 Å². The maximum Gasteiger partial charge on any atom is 0.135 e. The van der Waals surface area contributed by atoms with Crippen molar-refractivity contribution in [2.24, 2.45) is 5.73 Å². The molecule has 0 aliphatic carbocycles. The van der Waals surface area contributed by atoms with Crippen molar-refractivity contribution in [2.75, 3.05) is 0 Å². The van der Waals surface area contributed by atoms with Gasteiger partial charge in [-0.25, -0.2) is 4.39 Å². The minimum Gasteiger partial charge on any atom is -0.484 e. The molecule has 0 spiro atoms. The zero-order chi connectivity index (χ0) is 13.6. The molecule has 1 aromatic heterocycles. The van der Waals surface area contributed by atoms with Crippen LogP contribution >= 0.6 is 38.9 Å². The Bertz CT molecular complexity index is 614. The number of rotatable bonds is 1. The number of halogens is 3. The van der Waals surface area contributed by atoms with Crippen molar-refractivity contribution in [3.8, 4) is 5.75 Å². The molecule has 2 N–H and O–H groups in total. The molecule has 1 aromatic carbocycles. The third-order valence-electron chi connectivity index (χ3n) is 3.09. The van der Waals surface area contributed by atoms with Gasteiger partial charge < -0.3 is 10.5 Å². The molecule has 2 aromatic rings. The van der Waals surface area contributed by atoms with E-state index in [1.807, 2.05) is 6.07 Å². The number of hydrogen-bond donors (Lipinski definition) is 1. The molecule has 0 saturated carbocycles. The van der Waals surface area contributed by atoms with Gasteiger partial charge in [0.2, 0.25) is 0 Å². The number of hydrogen-bond acceptors (Lipinski definition) is 3. The van der Waals surface area contributed by atoms with Gasteiger partial charge >= 0.3 is 0 Å². The monoisotopic (exact) mass is 361 g/mol. The van der Waals surface area contributed by atoms with Gasteiger partial charge in [0.25, 0.3) is 0 Å². The molecular weight excluding hydrogens is 353 g/mol. The lowest BCUT2D eigenvalue weighted by Crippen LogP contribution is -2.23. The summed E-state index contributed by atoms with van der Waals surface area (Å²) in [5, 5.41) is 0. The number of ether oxygens (including phenoxy) is 1. The Kier molecular flexibility index (Phi) is 3.55. The molecule has 0 amide bonds. The molecular formula is C13H10BrClFNOS. The first-order valence-corrected chi connectivity index (χ1v) is 7.70. The van der Waals surface area contributed by atoms with Crippen LogP contribution in [0.1, 0.15) is 29.0 Å². The van der Waals surface area contributed by atoms with Crippen LogP contribution in [0.25, 0.3) is 0 Å². The van der Waals surface area contributed by atoms with Crippen LogP contribution in [0, 0.1) is 5.82 Å². The number of nitrogens with two attached hydrogens (primary N) is 1. The van der Waals surface area contributed by atoms with Crippen molar-refractivity contribution in [2.45, 2.75) is 18.6 Å². The van der Waals surface area contributed by atoms with Crippen LogP contribution in [0.2, 0.25) is 4.34 Å². The minimum atomic E-state index is -0.322. The Morgan fingerprint density at radius 3 is 2.89 bits per heavy atom. The standard InChI is InChI=1S/C13H10BrClFNOS/c14-8-4-12(19-13(8)15)11-5-9(17)7-2-1-6(16)3-10(7)18-11/h1-4,9,11H,5,17H2/t9-,11?/m1/s1. The fourth-order valence-electron chi connectivity index (χ4n) is 2.17. The molecule has 0 radical (unpaired) electrons. The maximum atomic E-state index is 13.3. The molecule has 1 aliphatic rings. The Balaban J connectivity index is 1.96. The van der Waals surface area contributed by atoms with Gasteiger partial charge in [-0.15, -0.1) is 11.3 Å². The molecule has 0 fully saturated rings. The first-order valence-electron chi connectivity index (χ1n) is 5.71. The number of benzene rings is 1. The van der Waals surface area contributed by atoms with E-state index in [1.165, 1.54) is 23.5 Å². The lowest BCUT2D eigenvalue weighted by molar-refractivity contribution is 0.164. The van der Waals surface area contributed by atoms with Gasteiger partial charge in [-0.3, -0.25) is 0 Å². The number of fused-ring (bicyclic) bond motifs is 1. The van der Waals surface area contributed by atoms with Crippen LogP contribution in [-0.4, -0.2) is 0 Å². The molecule has 3 rings (SSSR count). The van der Waals surface area contributed by atoms with E-state index in [9.17, 15) is 4.39 Å². The summed E-state index contributed by atoms with van der Waals surface area (Å²) in [5.74, 6) is 0.196. The van der Waals surface area contributed by atoms with E-state index >= 15 is 0 Å². The molecule has 2 heterocycles. The summed E-state index contributed by atoms with van der Waals surface area (Å²) >= 11 is 10.9. The van der Waals surface area contributed by atoms with Crippen molar-refractivity contribution in [3.63, 3.8) is 0 Å². The second-order valence-electron chi connectivity index (χ2n) is 4.40. The van der Waals surface area contributed by atoms with Crippen molar-refractivity contribution in [3.05, 3.63) is 49.3 Å². The summed E-state index contributed by atoms with van der Waals surface area (Å²) in [6.45, 7) is 0. The summed E-state index contributed by atoms with van der Waals surface area (Å²) in [6.07, 6.45) is 0.472. The van der Waals surface area contributed by atoms with Crippen molar-refractivity contribution < 1.29 is 9.13 Å². The van der Waals surface area contributed by atoms with Crippen molar-refractivity contribution in [1.82, 2.24) is 0 Å². The fraction of sp³-hybridized carbons (Fsp3) is 0.231. The highest BCUT2D eigenvalue weighted by atomic mass is 79.9. The normalized spacial score (nSPS) is 21.9. The summed E-state index contributed by atoms with van der Waals surface area (Å²) in [4.78, 5) is 0.988. The third kappa shape index (κ3) is 2.52. The topological polar surface area (TPSA) is 35.2 Å². The molecule has 1 unspecified atom stereocenters. The lowest BCUT2D eigenvalue weighted by Gasteiger charge is -2.29. The van der Waals surface area contributed by atoms with E-state index in [1.54, 1.807) is 6.07 Å². The minimum absolute atomic E-state index is 0.158. The van der Waals surface area contributed by atoms with Gasteiger partial charge in [0.05, 0.1) is 0 Å². The quantitative estimate of drug-likeness (QED) is 0.789. The predicted octanol–water partition coefficient (Wildman–Crippen LogP) is 4.83. The summed E-state index contributed by atoms with van der Waals surface area (Å²) in [7, 11) is 0. The van der Waals surface area contributed by atoms with Crippen LogP contribution in [-0.2, 0) is 0 Å². The largest absolute Gasteiger partial charge is 0.484 e. The zero-order valence-electron chi connectivity index (χ0n) is 9.70. The Morgan fingerprint density at radius 1 is 1.42 bits per heavy atom. The van der Waals surface area contributed by atoms with Gasteiger partial charge in [0.15, 0.2) is 0 Å². The number of thiophene rings is 1. The van der Waals surface area contributed by atoms with Crippen molar-refractivity contribution >= 4 is 38.9 Å². The highest BCUT2D eigenvalue weighted by Crippen LogP contribution is 2.44. The first-order chi connectivity index (χ1) is 9.04. The average Bonchev–Trinajstić information content (AvgIpc) is 2.69. The molecule has 0 saturated heterocycles. The van der Waals surface area contributed by atoms with Gasteiger partial charge in [0.1, 0.15) is 22.0 Å². The van der Waals surface area contributed by atoms with Gasteiger partial charge in [-0.05, 0) is 28.1 Å². The van der Waals surface area contributed by atoms with Gasteiger partial charge in [-0.1, -0.05) is 17.7 Å². The maximum absolute atomic E-state index is 13.3. The fourth-order valence-corrected chi connectivity index (χ4v) is 3.95. The Hall–Kier alpha value is -0.620. The van der Waals surface area contributed by atoms with Crippen LogP contribution in [0.5, 0.6) is 5.75 Å². The Morgan fingerprint density at radius 2 is 2.21 bits per heavy atom. The molecule has 6 heteroatoms. The van der Waals surface area contributed by atoms with E-state index in [-0.39, 0.29) is 18.0 Å². The molecule has 1 aliphatic heterocycles. The SMILES string of the molecule is N[C@@H]1CC(c2cc(Br)c(Cl)s2)Oc2cc(F)ccc21. The summed E-state index contributed by atoms with van der Waals surface area (Å²) in [5.41, 5.74) is 6.97. The molecule has 2 atom stereocenters. The summed E-state index contributed by atoms with van der Waals surface area (Å²) in [6, 6.07) is 6.23. The second kappa shape index (κ2) is 5.05. The highest BCUT2D eigenvalue weighted by molar-refractivity contribution is 9.10. The van der Waals surface area contributed by atoms with E-state index in [0.717, 1.165) is 14.9 Å². The summed E-state index contributed by atoms with van der Waals surface area (Å²) < 4.78 is 20.6. The van der Waals surface area contributed by atoms with E-state index in [0.29, 0.717) is 16.5 Å². The third-order valence-corrected chi connectivity index (χ3v) is 5.66. The van der Waals surface area contributed by atoms with E-state index in [2.05, 4.69) is 15.9 Å². The molecule has 19 heavy (non-hydrogen) atoms. The van der Waals surface area contributed by atoms with Gasteiger partial charge in [0, 0.05) is 33.4 Å². The molecule has 100 valence electrons. The van der Waals surface area contributed by atoms with Crippen LogP contribution in [0.15, 0.2) is 28.7 Å². The van der Waals surface area contributed by atoms with Crippen LogP contribution in [0.4, 0.5) is 4.39 Å². The molecule has 0 bridgehead atoms. The van der Waals surface area contributed by atoms with Crippen LogP contribution in [0.3, 0.4) is 0 Å².